The van der Waals surface area contributed by atoms with Crippen LogP contribution in [0.2, 0.25) is 0 Å². The lowest BCUT2D eigenvalue weighted by atomic mass is 9.98. The van der Waals surface area contributed by atoms with Gasteiger partial charge in [-0.05, 0) is 39.3 Å². The van der Waals surface area contributed by atoms with E-state index < -0.39 is 5.54 Å². The van der Waals surface area contributed by atoms with Crippen LogP contribution >= 0.6 is 0 Å². The Morgan fingerprint density at radius 3 is 2.60 bits per heavy atom. The molecule has 1 aromatic rings. The van der Waals surface area contributed by atoms with Gasteiger partial charge in [0.05, 0.1) is 18.9 Å². The summed E-state index contributed by atoms with van der Waals surface area (Å²) in [6.07, 6.45) is 0.746. The molecule has 1 rings (SSSR count). The zero-order valence-electron chi connectivity index (χ0n) is 13.1. The number of anilines is 1. The van der Waals surface area contributed by atoms with Gasteiger partial charge in [-0.15, -0.1) is 0 Å². The fraction of sp³-hybridized carbons (Fsp3) is 0.562. The highest BCUT2D eigenvalue weighted by molar-refractivity contribution is 5.57. The third-order valence-electron chi connectivity index (χ3n) is 3.30. The van der Waals surface area contributed by atoms with Gasteiger partial charge in [-0.25, -0.2) is 0 Å². The van der Waals surface area contributed by atoms with Crippen molar-refractivity contribution >= 4 is 5.69 Å². The molecule has 1 aromatic carbocycles. The highest BCUT2D eigenvalue weighted by Crippen LogP contribution is 2.27. The van der Waals surface area contributed by atoms with Crippen molar-refractivity contribution in [2.45, 2.75) is 38.8 Å². The van der Waals surface area contributed by atoms with Crippen LogP contribution < -0.4 is 15.0 Å². The summed E-state index contributed by atoms with van der Waals surface area (Å²) < 4.78 is 5.37. The van der Waals surface area contributed by atoms with E-state index in [-0.39, 0.29) is 6.04 Å². The van der Waals surface area contributed by atoms with Crippen LogP contribution in [0.4, 0.5) is 5.69 Å². The topological polar surface area (TPSA) is 48.3 Å². The summed E-state index contributed by atoms with van der Waals surface area (Å²) in [5, 5.41) is 12.7. The molecule has 0 aliphatic heterocycles. The molecule has 0 radical (unpaired) electrons. The predicted octanol–water partition coefficient (Wildman–Crippen LogP) is 2.80. The van der Waals surface area contributed by atoms with Gasteiger partial charge >= 0.3 is 0 Å². The van der Waals surface area contributed by atoms with Crippen molar-refractivity contribution in [2.24, 2.45) is 0 Å². The van der Waals surface area contributed by atoms with Gasteiger partial charge < -0.3 is 9.64 Å². The Morgan fingerprint density at radius 2 is 2.05 bits per heavy atom. The molecule has 0 heterocycles. The molecule has 0 aliphatic carbocycles. The molecule has 110 valence electrons. The molecule has 0 saturated carbocycles. The summed E-state index contributed by atoms with van der Waals surface area (Å²) in [6.45, 7) is 6.84. The molecule has 1 atom stereocenters. The normalized spacial score (nSPS) is 13.7. The minimum absolute atomic E-state index is 0.288. The van der Waals surface area contributed by atoms with Gasteiger partial charge in [0.2, 0.25) is 0 Å². The van der Waals surface area contributed by atoms with Gasteiger partial charge in [-0.2, -0.15) is 5.26 Å². The first-order valence-corrected chi connectivity index (χ1v) is 6.95. The Hall–Kier alpha value is -1.73. The van der Waals surface area contributed by atoms with E-state index in [0.29, 0.717) is 0 Å². The molecular weight excluding hydrogens is 250 g/mol. The van der Waals surface area contributed by atoms with E-state index in [2.05, 4.69) is 30.1 Å². The summed E-state index contributed by atoms with van der Waals surface area (Å²) in [5.41, 5.74) is 0.532. The molecule has 20 heavy (non-hydrogen) atoms. The second kappa shape index (κ2) is 7.16. The van der Waals surface area contributed by atoms with E-state index >= 15 is 0 Å². The molecule has 0 aliphatic rings. The second-order valence-corrected chi connectivity index (χ2v) is 5.59. The maximum atomic E-state index is 9.36. The van der Waals surface area contributed by atoms with Crippen LogP contribution in [0.5, 0.6) is 5.75 Å². The number of para-hydroxylation sites is 2. The zero-order chi connectivity index (χ0) is 15.2. The third-order valence-corrected chi connectivity index (χ3v) is 3.30. The van der Waals surface area contributed by atoms with Crippen molar-refractivity contribution in [1.29, 1.82) is 5.26 Å². The fourth-order valence-corrected chi connectivity index (χ4v) is 2.25. The number of methoxy groups -OCH3 is 1. The van der Waals surface area contributed by atoms with Crippen LogP contribution in [-0.4, -0.2) is 32.3 Å². The molecule has 1 N–H and O–H groups in total. The lowest BCUT2D eigenvalue weighted by molar-refractivity contribution is 0.383. The lowest BCUT2D eigenvalue weighted by Crippen LogP contribution is -2.46. The second-order valence-electron chi connectivity index (χ2n) is 5.59. The Labute approximate surface area is 122 Å². The van der Waals surface area contributed by atoms with Gasteiger partial charge in [0.25, 0.3) is 0 Å². The molecule has 4 nitrogen and oxygen atoms in total. The van der Waals surface area contributed by atoms with Gasteiger partial charge in [-0.3, -0.25) is 5.32 Å². The predicted molar refractivity (Wildman–Crippen MR) is 83.2 cm³/mol. The van der Waals surface area contributed by atoms with Gasteiger partial charge in [0.15, 0.2) is 0 Å². The monoisotopic (exact) mass is 275 g/mol. The number of ether oxygens (including phenoxy) is 1. The standard InChI is InChI=1S/C16H25N3O/c1-13(2)18-16(3,12-17)10-11-19(4)14-8-6-7-9-15(14)20-5/h6-9,13,18H,10-11H2,1-5H3. The van der Waals surface area contributed by atoms with Crippen molar-refractivity contribution in [1.82, 2.24) is 5.32 Å². The highest BCUT2D eigenvalue weighted by atomic mass is 16.5. The Balaban J connectivity index is 2.71. The van der Waals surface area contributed by atoms with Crippen molar-refractivity contribution in [2.75, 3.05) is 25.6 Å². The molecule has 0 saturated heterocycles. The Bertz CT molecular complexity index is 467. The fourth-order valence-electron chi connectivity index (χ4n) is 2.25. The lowest BCUT2D eigenvalue weighted by Gasteiger charge is -2.29. The summed E-state index contributed by atoms with van der Waals surface area (Å²) in [7, 11) is 3.69. The Morgan fingerprint density at radius 1 is 1.40 bits per heavy atom. The number of hydrogen-bond acceptors (Lipinski definition) is 4. The van der Waals surface area contributed by atoms with Gasteiger partial charge in [0.1, 0.15) is 11.3 Å². The van der Waals surface area contributed by atoms with Crippen LogP contribution in [-0.2, 0) is 0 Å². The average Bonchev–Trinajstić information content (AvgIpc) is 2.44. The smallest absolute Gasteiger partial charge is 0.142 e. The molecule has 1 unspecified atom stereocenters. The number of hydrogen-bond donors (Lipinski definition) is 1. The van der Waals surface area contributed by atoms with Crippen molar-refractivity contribution in [3.8, 4) is 11.8 Å². The largest absolute Gasteiger partial charge is 0.495 e. The summed E-state index contributed by atoms with van der Waals surface area (Å²) >= 11 is 0. The first-order valence-electron chi connectivity index (χ1n) is 6.95. The molecule has 0 amide bonds. The van der Waals surface area contributed by atoms with E-state index in [9.17, 15) is 5.26 Å². The molecule has 4 heteroatoms. The van der Waals surface area contributed by atoms with Crippen molar-refractivity contribution < 1.29 is 4.74 Å². The summed E-state index contributed by atoms with van der Waals surface area (Å²) in [4.78, 5) is 2.12. The van der Waals surface area contributed by atoms with Crippen LogP contribution in [0.3, 0.4) is 0 Å². The molecule has 0 fully saturated rings. The summed E-state index contributed by atoms with van der Waals surface area (Å²) in [5.74, 6) is 0.852. The maximum absolute atomic E-state index is 9.36. The first kappa shape index (κ1) is 16.3. The number of nitrogens with zero attached hydrogens (tertiary/aromatic N) is 2. The van der Waals surface area contributed by atoms with Crippen LogP contribution in [0, 0.1) is 11.3 Å². The Kier molecular flexibility index (Phi) is 5.84. The number of benzene rings is 1. The van der Waals surface area contributed by atoms with Crippen LogP contribution in [0.15, 0.2) is 24.3 Å². The maximum Gasteiger partial charge on any atom is 0.142 e. The first-order chi connectivity index (χ1) is 9.41. The van der Waals surface area contributed by atoms with E-state index in [1.165, 1.54) is 0 Å². The number of nitrogens with one attached hydrogen (secondary N) is 1. The van der Waals surface area contributed by atoms with E-state index in [0.717, 1.165) is 24.4 Å². The minimum Gasteiger partial charge on any atom is -0.495 e. The molecular formula is C16H25N3O. The van der Waals surface area contributed by atoms with Crippen LogP contribution in [0.1, 0.15) is 27.2 Å². The average molecular weight is 275 g/mol. The van der Waals surface area contributed by atoms with E-state index in [1.54, 1.807) is 7.11 Å². The van der Waals surface area contributed by atoms with Gasteiger partial charge in [0, 0.05) is 19.6 Å². The minimum atomic E-state index is -0.509. The molecule has 0 bridgehead atoms. The molecule has 0 spiro atoms. The van der Waals surface area contributed by atoms with E-state index in [4.69, 9.17) is 4.74 Å². The quantitative estimate of drug-likeness (QED) is 0.831. The third kappa shape index (κ3) is 4.43. The number of rotatable bonds is 7. The van der Waals surface area contributed by atoms with Crippen LogP contribution in [0.25, 0.3) is 0 Å². The van der Waals surface area contributed by atoms with Crippen molar-refractivity contribution in [3.05, 3.63) is 24.3 Å². The van der Waals surface area contributed by atoms with E-state index in [1.807, 2.05) is 38.2 Å². The summed E-state index contributed by atoms with van der Waals surface area (Å²) in [6, 6.07) is 10.6. The zero-order valence-corrected chi connectivity index (χ0v) is 13.1. The molecule has 0 aromatic heterocycles. The SMILES string of the molecule is COc1ccccc1N(C)CCC(C)(C#N)NC(C)C. The number of nitriles is 1. The van der Waals surface area contributed by atoms with Crippen molar-refractivity contribution in [3.63, 3.8) is 0 Å². The van der Waals surface area contributed by atoms with Gasteiger partial charge in [-0.1, -0.05) is 12.1 Å². The highest BCUT2D eigenvalue weighted by Gasteiger charge is 2.24.